The molecule has 0 saturated heterocycles. The summed E-state index contributed by atoms with van der Waals surface area (Å²) in [4.78, 5) is 34.3. The van der Waals surface area contributed by atoms with Gasteiger partial charge in [-0.2, -0.15) is 0 Å². The Bertz CT molecular complexity index is 1320. The van der Waals surface area contributed by atoms with Crippen molar-refractivity contribution >= 4 is 39.8 Å². The molecule has 0 aliphatic carbocycles. The average Bonchev–Trinajstić information content (AvgIpc) is 3.26. The number of amides is 1. The van der Waals surface area contributed by atoms with Crippen molar-refractivity contribution in [2.45, 2.75) is 39.5 Å². The maximum atomic E-state index is 13.0. The van der Waals surface area contributed by atoms with Crippen molar-refractivity contribution in [2.24, 2.45) is 0 Å². The number of ketones is 1. The van der Waals surface area contributed by atoms with Crippen LogP contribution in [0.4, 0.5) is 17.3 Å². The number of rotatable bonds is 6. The summed E-state index contributed by atoms with van der Waals surface area (Å²) in [5.74, 6) is 0.349. The fourth-order valence-corrected chi connectivity index (χ4v) is 3.56. The molecule has 2 aromatic heterocycles. The number of carbonyl (C=O) groups excluding carboxylic acids is 2. The molecule has 4 rings (SSSR count). The van der Waals surface area contributed by atoms with E-state index < -0.39 is 11.7 Å². The van der Waals surface area contributed by atoms with Crippen molar-refractivity contribution in [3.05, 3.63) is 78.0 Å². The third-order valence-corrected chi connectivity index (χ3v) is 5.30. The van der Waals surface area contributed by atoms with Gasteiger partial charge >= 0.3 is 0 Å². The summed E-state index contributed by atoms with van der Waals surface area (Å²) >= 11 is 0. The van der Waals surface area contributed by atoms with E-state index in [4.69, 9.17) is 4.42 Å². The van der Waals surface area contributed by atoms with Crippen molar-refractivity contribution in [1.29, 1.82) is 0 Å². The zero-order valence-corrected chi connectivity index (χ0v) is 19.1. The lowest BCUT2D eigenvalue weighted by molar-refractivity contribution is -0.112. The molecule has 168 valence electrons. The fourth-order valence-electron chi connectivity index (χ4n) is 3.56. The predicted octanol–water partition coefficient (Wildman–Crippen LogP) is 5.65. The number of Topliss-reactive ketones (excluding diaryl/α,β-unsaturated/α-hetero) is 1. The second-order valence-electron chi connectivity index (χ2n) is 8.74. The standard InChI is InChI=1S/C26H26N4O3/c1-5-21-18(15-22(33-21)26(2,3)4)23(31)24(32)29-19-11-12-20(17-10-7-6-9-16(17)19)30-25-27-13-8-14-28-25/h6-15H,5H2,1-4H3,(H,29,32)(H,27,28,30). The number of carbonyl (C=O) groups is 2. The van der Waals surface area contributed by atoms with Crippen LogP contribution >= 0.6 is 0 Å². The second-order valence-corrected chi connectivity index (χ2v) is 8.74. The molecule has 0 atom stereocenters. The van der Waals surface area contributed by atoms with Crippen LogP contribution in [0.2, 0.25) is 0 Å². The Morgan fingerprint density at radius 1 is 0.939 bits per heavy atom. The number of fused-ring (bicyclic) bond motifs is 1. The highest BCUT2D eigenvalue weighted by molar-refractivity contribution is 6.47. The van der Waals surface area contributed by atoms with Gasteiger partial charge in [0.1, 0.15) is 11.5 Å². The Morgan fingerprint density at radius 2 is 1.58 bits per heavy atom. The third-order valence-electron chi connectivity index (χ3n) is 5.30. The van der Waals surface area contributed by atoms with Gasteiger partial charge in [0.15, 0.2) is 0 Å². The van der Waals surface area contributed by atoms with Gasteiger partial charge in [-0.1, -0.05) is 52.0 Å². The molecule has 0 saturated carbocycles. The number of furan rings is 1. The van der Waals surface area contributed by atoms with Gasteiger partial charge in [-0.25, -0.2) is 9.97 Å². The van der Waals surface area contributed by atoms with E-state index in [0.717, 1.165) is 16.5 Å². The highest BCUT2D eigenvalue weighted by atomic mass is 16.3. The zero-order chi connectivity index (χ0) is 23.6. The van der Waals surface area contributed by atoms with E-state index >= 15 is 0 Å². The Labute approximate surface area is 192 Å². The molecule has 7 heteroatoms. The van der Waals surface area contributed by atoms with Crippen molar-refractivity contribution in [1.82, 2.24) is 9.97 Å². The number of hydrogen-bond donors (Lipinski definition) is 2. The summed E-state index contributed by atoms with van der Waals surface area (Å²) in [6.07, 6.45) is 3.84. The van der Waals surface area contributed by atoms with Crippen molar-refractivity contribution < 1.29 is 14.0 Å². The monoisotopic (exact) mass is 442 g/mol. The smallest absolute Gasteiger partial charge is 0.296 e. The number of aromatic nitrogens is 2. The van der Waals surface area contributed by atoms with Crippen LogP contribution in [0, 0.1) is 0 Å². The molecule has 4 aromatic rings. The van der Waals surface area contributed by atoms with Crippen LogP contribution in [-0.2, 0) is 16.6 Å². The maximum Gasteiger partial charge on any atom is 0.296 e. The summed E-state index contributed by atoms with van der Waals surface area (Å²) < 4.78 is 5.87. The third kappa shape index (κ3) is 4.62. The largest absolute Gasteiger partial charge is 0.465 e. The number of hydrogen-bond acceptors (Lipinski definition) is 6. The lowest BCUT2D eigenvalue weighted by atomic mass is 9.92. The molecule has 0 fully saturated rings. The molecule has 7 nitrogen and oxygen atoms in total. The predicted molar refractivity (Wildman–Crippen MR) is 129 cm³/mol. The first-order valence-corrected chi connectivity index (χ1v) is 10.8. The van der Waals surface area contributed by atoms with Gasteiger partial charge in [0.25, 0.3) is 11.7 Å². The minimum atomic E-state index is -0.705. The lowest BCUT2D eigenvalue weighted by Gasteiger charge is -2.13. The molecule has 0 radical (unpaired) electrons. The van der Waals surface area contributed by atoms with Gasteiger partial charge in [0.2, 0.25) is 5.95 Å². The van der Waals surface area contributed by atoms with Crippen LogP contribution < -0.4 is 10.6 Å². The molecule has 2 aromatic carbocycles. The van der Waals surface area contributed by atoms with Gasteiger partial charge in [-0.05, 0) is 24.3 Å². The Morgan fingerprint density at radius 3 is 2.21 bits per heavy atom. The van der Waals surface area contributed by atoms with E-state index in [1.165, 1.54) is 0 Å². The van der Waals surface area contributed by atoms with E-state index in [-0.39, 0.29) is 5.41 Å². The van der Waals surface area contributed by atoms with Crippen molar-refractivity contribution in [3.8, 4) is 0 Å². The molecule has 1 amide bonds. The quantitative estimate of drug-likeness (QED) is 0.296. The summed E-state index contributed by atoms with van der Waals surface area (Å²) in [7, 11) is 0. The minimum absolute atomic E-state index is 0.263. The molecular weight excluding hydrogens is 416 g/mol. The van der Waals surface area contributed by atoms with E-state index in [2.05, 4.69) is 20.6 Å². The molecule has 0 unspecified atom stereocenters. The first-order valence-electron chi connectivity index (χ1n) is 10.8. The Hall–Kier alpha value is -4.00. The zero-order valence-electron chi connectivity index (χ0n) is 19.1. The topological polar surface area (TPSA) is 97.1 Å². The van der Waals surface area contributed by atoms with Gasteiger partial charge < -0.3 is 15.1 Å². The normalized spacial score (nSPS) is 11.4. The van der Waals surface area contributed by atoms with E-state index in [1.807, 2.05) is 58.0 Å². The molecule has 0 spiro atoms. The van der Waals surface area contributed by atoms with Crippen LogP contribution in [0.25, 0.3) is 10.8 Å². The molecule has 0 bridgehead atoms. The molecule has 0 aliphatic heterocycles. The van der Waals surface area contributed by atoms with Crippen LogP contribution in [-0.4, -0.2) is 21.7 Å². The van der Waals surface area contributed by atoms with E-state index in [1.54, 1.807) is 30.6 Å². The van der Waals surface area contributed by atoms with Crippen LogP contribution in [0.5, 0.6) is 0 Å². The summed E-state index contributed by atoms with van der Waals surface area (Å²) in [6.45, 7) is 7.90. The minimum Gasteiger partial charge on any atom is -0.465 e. The Balaban J connectivity index is 1.63. The SMILES string of the molecule is CCc1oc(C(C)(C)C)cc1C(=O)C(=O)Nc1ccc(Nc2ncccn2)c2ccccc12. The van der Waals surface area contributed by atoms with Gasteiger partial charge in [-0.15, -0.1) is 0 Å². The summed E-state index contributed by atoms with van der Waals surface area (Å²) in [5.41, 5.74) is 1.38. The molecule has 2 heterocycles. The number of benzene rings is 2. The van der Waals surface area contributed by atoms with Gasteiger partial charge in [-0.3, -0.25) is 9.59 Å². The van der Waals surface area contributed by atoms with Crippen LogP contribution in [0.3, 0.4) is 0 Å². The summed E-state index contributed by atoms with van der Waals surface area (Å²) in [5, 5.41) is 7.63. The maximum absolute atomic E-state index is 13.0. The molecule has 2 N–H and O–H groups in total. The highest BCUT2D eigenvalue weighted by Crippen LogP contribution is 2.32. The average molecular weight is 443 g/mol. The molecule has 33 heavy (non-hydrogen) atoms. The number of aryl methyl sites for hydroxylation is 1. The molecular formula is C26H26N4O3. The molecule has 0 aliphatic rings. The number of nitrogens with zero attached hydrogens (tertiary/aromatic N) is 2. The lowest BCUT2D eigenvalue weighted by Crippen LogP contribution is -2.23. The van der Waals surface area contributed by atoms with E-state index in [0.29, 0.717) is 35.1 Å². The first kappa shape index (κ1) is 22.2. The fraction of sp³-hybridized carbons (Fsp3) is 0.231. The Kier molecular flexibility index (Phi) is 5.96. The van der Waals surface area contributed by atoms with Crippen LogP contribution in [0.1, 0.15) is 49.6 Å². The van der Waals surface area contributed by atoms with Crippen LogP contribution in [0.15, 0.2) is 65.3 Å². The number of anilines is 3. The number of nitrogens with one attached hydrogen (secondary N) is 2. The second kappa shape index (κ2) is 8.86. The van der Waals surface area contributed by atoms with Crippen molar-refractivity contribution in [3.63, 3.8) is 0 Å². The first-order chi connectivity index (χ1) is 15.8. The van der Waals surface area contributed by atoms with Crippen molar-refractivity contribution in [2.75, 3.05) is 10.6 Å². The highest BCUT2D eigenvalue weighted by Gasteiger charge is 2.27. The summed E-state index contributed by atoms with van der Waals surface area (Å²) in [6, 6.07) is 14.6. The van der Waals surface area contributed by atoms with Gasteiger partial charge in [0, 0.05) is 46.4 Å². The van der Waals surface area contributed by atoms with Gasteiger partial charge in [0.05, 0.1) is 5.56 Å². The van der Waals surface area contributed by atoms with E-state index in [9.17, 15) is 9.59 Å².